The number of aliphatic hydroxyl groups excluding tert-OH is 1. The zero-order chi connectivity index (χ0) is 12.1. The molecule has 0 bridgehead atoms. The normalized spacial score (nSPS) is 12.2. The van der Waals surface area contributed by atoms with Gasteiger partial charge >= 0.3 is 5.97 Å². The largest absolute Gasteiger partial charge is 0.507 e. The van der Waals surface area contributed by atoms with Crippen molar-refractivity contribution >= 4 is 5.97 Å². The minimum Gasteiger partial charge on any atom is -0.507 e. The standard InChI is InChI=1S/C12H16O4/c1-3-8-6-5-7-9(10(8)13)11(14)12(15)16-4-2/h5-7,11,13-14H,3-4H2,1-2H3. The molecule has 88 valence electrons. The van der Waals surface area contributed by atoms with Crippen LogP contribution < -0.4 is 0 Å². The van der Waals surface area contributed by atoms with Gasteiger partial charge in [-0.15, -0.1) is 0 Å². The highest BCUT2D eigenvalue weighted by Gasteiger charge is 2.22. The van der Waals surface area contributed by atoms with E-state index in [9.17, 15) is 15.0 Å². The molecule has 2 N–H and O–H groups in total. The van der Waals surface area contributed by atoms with Gasteiger partial charge in [-0.25, -0.2) is 4.79 Å². The number of carbonyl (C=O) groups is 1. The van der Waals surface area contributed by atoms with Crippen LogP contribution >= 0.6 is 0 Å². The molecule has 0 saturated carbocycles. The first kappa shape index (κ1) is 12.5. The van der Waals surface area contributed by atoms with E-state index in [1.165, 1.54) is 6.07 Å². The van der Waals surface area contributed by atoms with E-state index in [4.69, 9.17) is 0 Å². The smallest absolute Gasteiger partial charge is 0.339 e. The van der Waals surface area contributed by atoms with E-state index < -0.39 is 12.1 Å². The summed E-state index contributed by atoms with van der Waals surface area (Å²) in [5.41, 5.74) is 0.888. The van der Waals surface area contributed by atoms with Crippen molar-refractivity contribution in [1.82, 2.24) is 0 Å². The Balaban J connectivity index is 2.99. The van der Waals surface area contributed by atoms with E-state index in [1.54, 1.807) is 19.1 Å². The second kappa shape index (κ2) is 5.51. The molecule has 0 aromatic heterocycles. The third kappa shape index (κ3) is 2.52. The number of para-hydroxylation sites is 1. The van der Waals surface area contributed by atoms with Gasteiger partial charge in [0, 0.05) is 5.56 Å². The van der Waals surface area contributed by atoms with Crippen LogP contribution in [-0.2, 0) is 16.0 Å². The maximum absolute atomic E-state index is 11.3. The third-order valence-electron chi connectivity index (χ3n) is 2.34. The van der Waals surface area contributed by atoms with E-state index in [1.807, 2.05) is 6.92 Å². The number of aryl methyl sites for hydroxylation is 1. The van der Waals surface area contributed by atoms with Crippen LogP contribution in [0.3, 0.4) is 0 Å². The van der Waals surface area contributed by atoms with Gasteiger partial charge in [-0.1, -0.05) is 25.1 Å². The summed E-state index contributed by atoms with van der Waals surface area (Å²) < 4.78 is 4.69. The Bertz CT molecular complexity index is 373. The van der Waals surface area contributed by atoms with Gasteiger partial charge < -0.3 is 14.9 Å². The fourth-order valence-electron chi connectivity index (χ4n) is 1.47. The molecule has 1 aromatic rings. The topological polar surface area (TPSA) is 66.8 Å². The third-order valence-corrected chi connectivity index (χ3v) is 2.34. The highest BCUT2D eigenvalue weighted by molar-refractivity contribution is 5.77. The molecule has 4 heteroatoms. The molecule has 0 heterocycles. The molecule has 1 atom stereocenters. The van der Waals surface area contributed by atoms with Crippen molar-refractivity contribution < 1.29 is 19.7 Å². The van der Waals surface area contributed by atoms with E-state index in [-0.39, 0.29) is 17.9 Å². The Morgan fingerprint density at radius 1 is 1.44 bits per heavy atom. The molecule has 4 nitrogen and oxygen atoms in total. The monoisotopic (exact) mass is 224 g/mol. The van der Waals surface area contributed by atoms with Gasteiger partial charge in [-0.3, -0.25) is 0 Å². The molecule has 1 rings (SSSR count). The van der Waals surface area contributed by atoms with Crippen molar-refractivity contribution in [3.63, 3.8) is 0 Å². The molecular weight excluding hydrogens is 208 g/mol. The SMILES string of the molecule is CCOC(=O)C(O)c1cccc(CC)c1O. The molecule has 0 amide bonds. The summed E-state index contributed by atoms with van der Waals surface area (Å²) in [6.07, 6.45) is -0.790. The highest BCUT2D eigenvalue weighted by atomic mass is 16.5. The number of phenols is 1. The number of benzene rings is 1. The fourth-order valence-corrected chi connectivity index (χ4v) is 1.47. The van der Waals surface area contributed by atoms with Crippen LogP contribution in [0.25, 0.3) is 0 Å². The van der Waals surface area contributed by atoms with Gasteiger partial charge in [0.1, 0.15) is 5.75 Å². The lowest BCUT2D eigenvalue weighted by Gasteiger charge is -2.13. The summed E-state index contributed by atoms with van der Waals surface area (Å²) in [7, 11) is 0. The first-order valence-corrected chi connectivity index (χ1v) is 5.27. The Morgan fingerprint density at radius 3 is 2.69 bits per heavy atom. The van der Waals surface area contributed by atoms with E-state index in [0.29, 0.717) is 12.0 Å². The Kier molecular flexibility index (Phi) is 4.31. The van der Waals surface area contributed by atoms with E-state index in [0.717, 1.165) is 0 Å². The molecule has 1 aromatic carbocycles. The Labute approximate surface area is 94.5 Å². The molecule has 0 saturated heterocycles. The second-order valence-electron chi connectivity index (χ2n) is 3.36. The van der Waals surface area contributed by atoms with Crippen molar-refractivity contribution in [2.45, 2.75) is 26.4 Å². The van der Waals surface area contributed by atoms with Crippen LogP contribution in [0.2, 0.25) is 0 Å². The maximum atomic E-state index is 11.3. The molecule has 1 unspecified atom stereocenters. The van der Waals surface area contributed by atoms with Crippen molar-refractivity contribution in [2.75, 3.05) is 6.61 Å². The number of esters is 1. The number of aliphatic hydroxyl groups is 1. The molecule has 0 aliphatic rings. The first-order chi connectivity index (χ1) is 7.61. The van der Waals surface area contributed by atoms with Crippen molar-refractivity contribution in [3.8, 4) is 5.75 Å². The lowest BCUT2D eigenvalue weighted by Crippen LogP contribution is -2.15. The van der Waals surface area contributed by atoms with Gasteiger partial charge in [0.05, 0.1) is 6.61 Å². The van der Waals surface area contributed by atoms with Crippen LogP contribution in [-0.4, -0.2) is 22.8 Å². The summed E-state index contributed by atoms with van der Waals surface area (Å²) >= 11 is 0. The van der Waals surface area contributed by atoms with Crippen molar-refractivity contribution in [3.05, 3.63) is 29.3 Å². The van der Waals surface area contributed by atoms with Crippen LogP contribution in [0.5, 0.6) is 5.75 Å². The summed E-state index contributed by atoms with van der Waals surface area (Å²) in [5, 5.41) is 19.5. The zero-order valence-corrected chi connectivity index (χ0v) is 9.43. The summed E-state index contributed by atoms with van der Waals surface area (Å²) in [6, 6.07) is 4.95. The molecule has 0 fully saturated rings. The maximum Gasteiger partial charge on any atom is 0.339 e. The Hall–Kier alpha value is -1.55. The highest BCUT2D eigenvalue weighted by Crippen LogP contribution is 2.28. The predicted octanol–water partition coefficient (Wildman–Crippen LogP) is 1.55. The van der Waals surface area contributed by atoms with Crippen LogP contribution in [0.4, 0.5) is 0 Å². The lowest BCUT2D eigenvalue weighted by atomic mass is 10.0. The van der Waals surface area contributed by atoms with Crippen LogP contribution in [0.15, 0.2) is 18.2 Å². The van der Waals surface area contributed by atoms with Gasteiger partial charge in [-0.2, -0.15) is 0 Å². The zero-order valence-electron chi connectivity index (χ0n) is 9.43. The van der Waals surface area contributed by atoms with Gasteiger partial charge in [0.15, 0.2) is 6.10 Å². The number of phenolic OH excluding ortho intramolecular Hbond substituents is 1. The molecule has 16 heavy (non-hydrogen) atoms. The number of rotatable bonds is 4. The number of hydrogen-bond acceptors (Lipinski definition) is 4. The van der Waals surface area contributed by atoms with E-state index in [2.05, 4.69) is 4.74 Å². The molecular formula is C12H16O4. The summed E-state index contributed by atoms with van der Waals surface area (Å²) in [6.45, 7) is 3.74. The molecule has 0 radical (unpaired) electrons. The quantitative estimate of drug-likeness (QED) is 0.761. The van der Waals surface area contributed by atoms with Gasteiger partial charge in [-0.05, 0) is 18.9 Å². The predicted molar refractivity (Wildman–Crippen MR) is 59.1 cm³/mol. The minimum absolute atomic E-state index is 0.0365. The first-order valence-electron chi connectivity index (χ1n) is 5.27. The number of ether oxygens (including phenoxy) is 1. The molecule has 0 spiro atoms. The average molecular weight is 224 g/mol. The van der Waals surface area contributed by atoms with Crippen molar-refractivity contribution in [2.24, 2.45) is 0 Å². The van der Waals surface area contributed by atoms with Crippen molar-refractivity contribution in [1.29, 1.82) is 0 Å². The molecule has 0 aliphatic heterocycles. The van der Waals surface area contributed by atoms with Gasteiger partial charge in [0.25, 0.3) is 0 Å². The number of aromatic hydroxyl groups is 1. The minimum atomic E-state index is -1.42. The van der Waals surface area contributed by atoms with Gasteiger partial charge in [0.2, 0.25) is 0 Å². The van der Waals surface area contributed by atoms with E-state index >= 15 is 0 Å². The number of hydrogen-bond donors (Lipinski definition) is 2. The van der Waals surface area contributed by atoms with Crippen LogP contribution in [0, 0.1) is 0 Å². The van der Waals surface area contributed by atoms with Crippen LogP contribution in [0.1, 0.15) is 31.1 Å². The average Bonchev–Trinajstić information content (AvgIpc) is 2.29. The Morgan fingerprint density at radius 2 is 2.12 bits per heavy atom. The summed E-state index contributed by atoms with van der Waals surface area (Å²) in [4.78, 5) is 11.3. The lowest BCUT2D eigenvalue weighted by molar-refractivity contribution is -0.153. The molecule has 0 aliphatic carbocycles. The second-order valence-corrected chi connectivity index (χ2v) is 3.36. The summed E-state index contributed by atoms with van der Waals surface area (Å²) in [5.74, 6) is -0.781. The fraction of sp³-hybridized carbons (Fsp3) is 0.417. The number of carbonyl (C=O) groups excluding carboxylic acids is 1.